The predicted octanol–water partition coefficient (Wildman–Crippen LogP) is 4.51. The molecule has 0 saturated carbocycles. The Balaban J connectivity index is 2.24. The lowest BCUT2D eigenvalue weighted by molar-refractivity contribution is 0.546. The van der Waals surface area contributed by atoms with Gasteiger partial charge < -0.3 is 4.74 Å². The molecule has 2 rings (SSSR count). The number of halogens is 1. The summed E-state index contributed by atoms with van der Waals surface area (Å²) in [5.41, 5.74) is 1.48. The van der Waals surface area contributed by atoms with Gasteiger partial charge in [0.15, 0.2) is 0 Å². The second-order valence-electron chi connectivity index (χ2n) is 4.09. The van der Waals surface area contributed by atoms with Crippen LogP contribution in [0.3, 0.4) is 0 Å². The summed E-state index contributed by atoms with van der Waals surface area (Å²) in [5.74, 6) is 0.640. The van der Waals surface area contributed by atoms with Crippen LogP contribution in [-0.4, -0.2) is 5.90 Å². The molecule has 0 aliphatic heterocycles. The summed E-state index contributed by atoms with van der Waals surface area (Å²) in [6.45, 7) is 5.65. The van der Waals surface area contributed by atoms with Gasteiger partial charge in [-0.25, -0.2) is 9.38 Å². The van der Waals surface area contributed by atoms with E-state index in [0.29, 0.717) is 17.2 Å². The van der Waals surface area contributed by atoms with Crippen molar-refractivity contribution in [2.75, 3.05) is 0 Å². The van der Waals surface area contributed by atoms with Gasteiger partial charge in [0.05, 0.1) is 5.69 Å². The van der Waals surface area contributed by atoms with E-state index in [0.717, 1.165) is 5.69 Å². The summed E-state index contributed by atoms with van der Waals surface area (Å²) in [5, 5.41) is 0. The number of hydrogen-bond acceptors (Lipinski definition) is 2. The molecular weight excluding hydrogens is 241 g/mol. The van der Waals surface area contributed by atoms with Crippen molar-refractivity contribution in [1.82, 2.24) is 0 Å². The average molecular weight is 255 g/mol. The van der Waals surface area contributed by atoms with Crippen molar-refractivity contribution >= 4 is 11.6 Å². The van der Waals surface area contributed by atoms with Crippen LogP contribution >= 0.6 is 0 Å². The molecule has 0 aliphatic rings. The smallest absolute Gasteiger partial charge is 0.222 e. The Morgan fingerprint density at radius 2 is 1.68 bits per heavy atom. The van der Waals surface area contributed by atoms with E-state index in [1.165, 1.54) is 12.1 Å². The van der Waals surface area contributed by atoms with E-state index < -0.39 is 0 Å². The Morgan fingerprint density at radius 1 is 1.05 bits per heavy atom. The minimum Gasteiger partial charge on any atom is -0.439 e. The van der Waals surface area contributed by atoms with E-state index in [-0.39, 0.29) is 5.82 Å². The maximum atomic E-state index is 12.8. The van der Waals surface area contributed by atoms with Crippen LogP contribution in [0.2, 0.25) is 0 Å². The van der Waals surface area contributed by atoms with Crippen LogP contribution in [0, 0.1) is 5.82 Å². The molecule has 0 saturated heterocycles. The van der Waals surface area contributed by atoms with Gasteiger partial charge in [0.25, 0.3) is 0 Å². The fourth-order valence-corrected chi connectivity index (χ4v) is 1.44. The third-order valence-corrected chi connectivity index (χ3v) is 2.38. The maximum absolute atomic E-state index is 12.8. The normalized spacial score (nSPS) is 11.2. The fraction of sp³-hybridized carbons (Fsp3) is 0.0625. The Hall–Kier alpha value is -2.42. The number of nitrogens with zero attached hydrogens (tertiary/aromatic N) is 1. The molecule has 0 fully saturated rings. The number of rotatable bonds is 3. The van der Waals surface area contributed by atoms with Crippen molar-refractivity contribution in [3.8, 4) is 5.75 Å². The zero-order valence-electron chi connectivity index (χ0n) is 10.6. The van der Waals surface area contributed by atoms with Crippen LogP contribution in [0.1, 0.15) is 6.92 Å². The number of hydrogen-bond donors (Lipinski definition) is 0. The molecule has 0 radical (unpaired) electrons. The van der Waals surface area contributed by atoms with Gasteiger partial charge in [-0.15, -0.1) is 0 Å². The SMILES string of the molecule is C=C(C)C(=Nc1ccccc1)Oc1ccc(F)cc1. The molecular formula is C16H14FNO. The topological polar surface area (TPSA) is 21.6 Å². The number of ether oxygens (including phenoxy) is 1. The Kier molecular flexibility index (Phi) is 4.08. The zero-order chi connectivity index (χ0) is 13.7. The highest BCUT2D eigenvalue weighted by molar-refractivity contribution is 5.95. The zero-order valence-corrected chi connectivity index (χ0v) is 10.6. The van der Waals surface area contributed by atoms with Crippen LogP contribution in [0.4, 0.5) is 10.1 Å². The number of para-hydroxylation sites is 1. The highest BCUT2D eigenvalue weighted by Gasteiger charge is 2.04. The molecule has 2 aromatic carbocycles. The van der Waals surface area contributed by atoms with E-state index in [2.05, 4.69) is 11.6 Å². The molecule has 0 aliphatic carbocycles. The van der Waals surface area contributed by atoms with E-state index in [9.17, 15) is 4.39 Å². The quantitative estimate of drug-likeness (QED) is 0.584. The fourth-order valence-electron chi connectivity index (χ4n) is 1.44. The van der Waals surface area contributed by atoms with Crippen molar-refractivity contribution in [1.29, 1.82) is 0 Å². The summed E-state index contributed by atoms with van der Waals surface area (Å²) in [6, 6.07) is 15.2. The molecule has 0 heterocycles. The third kappa shape index (κ3) is 3.78. The van der Waals surface area contributed by atoms with Crippen LogP contribution < -0.4 is 4.74 Å². The second-order valence-corrected chi connectivity index (χ2v) is 4.09. The van der Waals surface area contributed by atoms with E-state index in [1.807, 2.05) is 37.3 Å². The van der Waals surface area contributed by atoms with Crippen molar-refractivity contribution < 1.29 is 9.13 Å². The van der Waals surface area contributed by atoms with E-state index in [1.54, 1.807) is 12.1 Å². The molecule has 0 N–H and O–H groups in total. The molecule has 3 heteroatoms. The molecule has 0 bridgehead atoms. The first-order chi connectivity index (χ1) is 9.15. The summed E-state index contributed by atoms with van der Waals surface area (Å²) >= 11 is 0. The minimum absolute atomic E-state index is 0.302. The molecule has 0 atom stereocenters. The highest BCUT2D eigenvalue weighted by atomic mass is 19.1. The van der Waals surface area contributed by atoms with Crippen LogP contribution in [0.25, 0.3) is 0 Å². The summed E-state index contributed by atoms with van der Waals surface area (Å²) in [4.78, 5) is 4.38. The molecule has 96 valence electrons. The van der Waals surface area contributed by atoms with E-state index >= 15 is 0 Å². The van der Waals surface area contributed by atoms with Gasteiger partial charge in [-0.05, 0) is 43.3 Å². The molecule has 0 amide bonds. The third-order valence-electron chi connectivity index (χ3n) is 2.38. The second kappa shape index (κ2) is 5.96. The monoisotopic (exact) mass is 255 g/mol. The maximum Gasteiger partial charge on any atom is 0.222 e. The molecule has 2 aromatic rings. The van der Waals surface area contributed by atoms with Gasteiger partial charge >= 0.3 is 0 Å². The first-order valence-electron chi connectivity index (χ1n) is 5.88. The lowest BCUT2D eigenvalue weighted by Crippen LogP contribution is -2.09. The summed E-state index contributed by atoms with van der Waals surface area (Å²) in [7, 11) is 0. The van der Waals surface area contributed by atoms with Gasteiger partial charge in [-0.3, -0.25) is 0 Å². The van der Waals surface area contributed by atoms with Crippen molar-refractivity contribution in [2.24, 2.45) is 4.99 Å². The number of aliphatic imine (C=N–C) groups is 1. The van der Waals surface area contributed by atoms with E-state index in [4.69, 9.17) is 4.74 Å². The first-order valence-corrected chi connectivity index (χ1v) is 5.88. The van der Waals surface area contributed by atoms with Gasteiger partial charge in [-0.2, -0.15) is 0 Å². The van der Waals surface area contributed by atoms with Crippen molar-refractivity contribution in [2.45, 2.75) is 6.92 Å². The van der Waals surface area contributed by atoms with Crippen LogP contribution in [0.5, 0.6) is 5.75 Å². The minimum atomic E-state index is -0.302. The van der Waals surface area contributed by atoms with Gasteiger partial charge in [0.1, 0.15) is 11.6 Å². The average Bonchev–Trinajstić information content (AvgIpc) is 2.41. The van der Waals surface area contributed by atoms with Crippen molar-refractivity contribution in [3.63, 3.8) is 0 Å². The largest absolute Gasteiger partial charge is 0.439 e. The van der Waals surface area contributed by atoms with Gasteiger partial charge in [0, 0.05) is 5.57 Å². The Bertz CT molecular complexity index is 588. The number of benzene rings is 2. The van der Waals surface area contributed by atoms with Gasteiger partial charge in [-0.1, -0.05) is 24.8 Å². The molecule has 0 spiro atoms. The predicted molar refractivity (Wildman–Crippen MR) is 75.4 cm³/mol. The van der Waals surface area contributed by atoms with Crippen LogP contribution in [-0.2, 0) is 0 Å². The first kappa shape index (κ1) is 13.0. The van der Waals surface area contributed by atoms with Crippen molar-refractivity contribution in [3.05, 3.63) is 72.6 Å². The molecule has 0 aromatic heterocycles. The molecule has 2 nitrogen and oxygen atoms in total. The van der Waals surface area contributed by atoms with Crippen LogP contribution in [0.15, 0.2) is 71.7 Å². The molecule has 19 heavy (non-hydrogen) atoms. The standard InChI is InChI=1S/C16H14FNO/c1-12(2)16(18-14-6-4-3-5-7-14)19-15-10-8-13(17)9-11-15/h3-11H,1H2,2H3. The molecule has 0 unspecified atom stereocenters. The summed E-state index contributed by atoms with van der Waals surface area (Å²) < 4.78 is 18.4. The summed E-state index contributed by atoms with van der Waals surface area (Å²) in [6.07, 6.45) is 0. The lowest BCUT2D eigenvalue weighted by Gasteiger charge is -2.08. The van der Waals surface area contributed by atoms with Gasteiger partial charge in [0.2, 0.25) is 5.90 Å². The lowest BCUT2D eigenvalue weighted by atomic mass is 10.3. The highest BCUT2D eigenvalue weighted by Crippen LogP contribution is 2.17. The Labute approximate surface area is 111 Å². The Morgan fingerprint density at radius 3 is 2.26 bits per heavy atom.